The Balaban J connectivity index is 2.19. The van der Waals surface area contributed by atoms with Crippen molar-refractivity contribution >= 4 is 0 Å². The fourth-order valence-corrected chi connectivity index (χ4v) is 1.59. The van der Waals surface area contributed by atoms with Gasteiger partial charge in [0, 0.05) is 39.0 Å². The zero-order valence-electron chi connectivity index (χ0n) is 11.7. The largest absolute Gasteiger partial charge is 0.382 e. The van der Waals surface area contributed by atoms with Crippen LogP contribution in [0.5, 0.6) is 0 Å². The molecule has 0 amide bonds. The molecule has 0 unspecified atom stereocenters. The van der Waals surface area contributed by atoms with Gasteiger partial charge in [-0.05, 0) is 6.42 Å². The summed E-state index contributed by atoms with van der Waals surface area (Å²) in [6, 6.07) is 0.491. The molecule has 18 heavy (non-hydrogen) atoms. The van der Waals surface area contributed by atoms with Gasteiger partial charge in [0.1, 0.15) is 0 Å². The molecule has 104 valence electrons. The van der Waals surface area contributed by atoms with Crippen LogP contribution in [0.3, 0.4) is 0 Å². The molecule has 0 aliphatic carbocycles. The number of methoxy groups -OCH3 is 1. The molecule has 0 aromatic carbocycles. The Morgan fingerprint density at radius 2 is 2.17 bits per heavy atom. The molecule has 0 spiro atoms. The van der Waals surface area contributed by atoms with Crippen LogP contribution in [0.1, 0.15) is 26.0 Å². The van der Waals surface area contributed by atoms with Gasteiger partial charge in [-0.25, -0.2) is 4.98 Å². The number of aryl methyl sites for hydroxylation is 1. The average Bonchev–Trinajstić information content (AvgIpc) is 2.78. The van der Waals surface area contributed by atoms with Crippen LogP contribution in [0.4, 0.5) is 0 Å². The van der Waals surface area contributed by atoms with Crippen LogP contribution in [0.2, 0.25) is 0 Å². The van der Waals surface area contributed by atoms with Crippen molar-refractivity contribution in [1.82, 2.24) is 14.9 Å². The van der Waals surface area contributed by atoms with Crippen molar-refractivity contribution in [1.29, 1.82) is 0 Å². The Bertz CT molecular complexity index is 313. The predicted octanol–water partition coefficient (Wildman–Crippen LogP) is 1.43. The number of rotatable bonds is 10. The first-order valence-electron chi connectivity index (χ1n) is 6.53. The summed E-state index contributed by atoms with van der Waals surface area (Å²) in [7, 11) is 1.68. The summed E-state index contributed by atoms with van der Waals surface area (Å²) in [5, 5.41) is 3.40. The molecule has 5 nitrogen and oxygen atoms in total. The summed E-state index contributed by atoms with van der Waals surface area (Å²) in [6.45, 7) is 8.19. The van der Waals surface area contributed by atoms with E-state index in [0.717, 1.165) is 26.1 Å². The Kier molecular flexibility index (Phi) is 7.64. The number of aromatic nitrogens is 2. The number of nitrogens with one attached hydrogen (secondary N) is 1. The zero-order chi connectivity index (χ0) is 13.2. The Hall–Kier alpha value is -0.910. The minimum atomic E-state index is 0.491. The minimum absolute atomic E-state index is 0.491. The molecule has 0 bridgehead atoms. The van der Waals surface area contributed by atoms with Crippen molar-refractivity contribution < 1.29 is 9.47 Å². The quantitative estimate of drug-likeness (QED) is 0.643. The van der Waals surface area contributed by atoms with Crippen molar-refractivity contribution in [3.63, 3.8) is 0 Å². The van der Waals surface area contributed by atoms with Gasteiger partial charge in [0.25, 0.3) is 0 Å². The fourth-order valence-electron chi connectivity index (χ4n) is 1.59. The molecular formula is C13H25N3O2. The van der Waals surface area contributed by atoms with Crippen LogP contribution in [0.15, 0.2) is 12.5 Å². The van der Waals surface area contributed by atoms with E-state index in [0.29, 0.717) is 19.3 Å². The molecule has 1 aromatic heterocycles. The third-order valence-corrected chi connectivity index (χ3v) is 2.61. The summed E-state index contributed by atoms with van der Waals surface area (Å²) < 4.78 is 12.5. The van der Waals surface area contributed by atoms with E-state index in [-0.39, 0.29) is 0 Å². The standard InChI is InChI=1S/C13H25N3O2/c1-12(2)15-10-13-9-14-11-16(13)5-4-6-18-8-7-17-3/h9,11-12,15H,4-8,10H2,1-3H3. The summed E-state index contributed by atoms with van der Waals surface area (Å²) in [5.41, 5.74) is 1.22. The lowest BCUT2D eigenvalue weighted by molar-refractivity contribution is 0.0679. The van der Waals surface area contributed by atoms with Crippen molar-refractivity contribution in [2.45, 2.75) is 39.4 Å². The van der Waals surface area contributed by atoms with E-state index in [1.54, 1.807) is 7.11 Å². The van der Waals surface area contributed by atoms with Crippen molar-refractivity contribution in [3.8, 4) is 0 Å². The van der Waals surface area contributed by atoms with E-state index in [4.69, 9.17) is 9.47 Å². The van der Waals surface area contributed by atoms with E-state index in [1.165, 1.54) is 5.69 Å². The molecule has 0 atom stereocenters. The number of hydrogen-bond donors (Lipinski definition) is 1. The smallest absolute Gasteiger partial charge is 0.0948 e. The van der Waals surface area contributed by atoms with Crippen LogP contribution in [-0.2, 0) is 22.6 Å². The van der Waals surface area contributed by atoms with E-state index in [1.807, 2.05) is 12.5 Å². The Morgan fingerprint density at radius 1 is 1.33 bits per heavy atom. The van der Waals surface area contributed by atoms with Crippen LogP contribution in [0.25, 0.3) is 0 Å². The molecule has 0 radical (unpaired) electrons. The van der Waals surface area contributed by atoms with Crippen molar-refractivity contribution in [2.75, 3.05) is 26.9 Å². The summed E-state index contributed by atoms with van der Waals surface area (Å²) >= 11 is 0. The molecule has 0 saturated heterocycles. The third-order valence-electron chi connectivity index (χ3n) is 2.61. The first-order chi connectivity index (χ1) is 8.74. The van der Waals surface area contributed by atoms with Gasteiger partial charge in [-0.1, -0.05) is 13.8 Å². The lowest BCUT2D eigenvalue weighted by Gasteiger charge is -2.11. The molecule has 0 aliphatic heterocycles. The molecule has 0 fully saturated rings. The highest BCUT2D eigenvalue weighted by Crippen LogP contribution is 2.01. The van der Waals surface area contributed by atoms with Gasteiger partial charge in [-0.3, -0.25) is 0 Å². The molecule has 1 aromatic rings. The SMILES string of the molecule is COCCOCCCn1cncc1CNC(C)C. The van der Waals surface area contributed by atoms with Gasteiger partial charge in [0.15, 0.2) is 0 Å². The Labute approximate surface area is 109 Å². The second kappa shape index (κ2) is 9.08. The normalized spacial score (nSPS) is 11.3. The van der Waals surface area contributed by atoms with Gasteiger partial charge in [-0.2, -0.15) is 0 Å². The third kappa shape index (κ3) is 6.14. The molecule has 0 aliphatic rings. The Morgan fingerprint density at radius 3 is 2.89 bits per heavy atom. The van der Waals surface area contributed by atoms with E-state index < -0.39 is 0 Å². The number of hydrogen-bond acceptors (Lipinski definition) is 4. The first-order valence-corrected chi connectivity index (χ1v) is 6.53. The number of ether oxygens (including phenoxy) is 2. The van der Waals surface area contributed by atoms with Gasteiger partial charge < -0.3 is 19.4 Å². The lowest BCUT2D eigenvalue weighted by Crippen LogP contribution is -2.23. The summed E-state index contributed by atoms with van der Waals surface area (Å²) in [6.07, 6.45) is 4.79. The topological polar surface area (TPSA) is 48.3 Å². The number of imidazole rings is 1. The van der Waals surface area contributed by atoms with E-state index in [9.17, 15) is 0 Å². The molecule has 0 saturated carbocycles. The van der Waals surface area contributed by atoms with Gasteiger partial charge in [0.05, 0.1) is 25.2 Å². The molecule has 1 rings (SSSR count). The van der Waals surface area contributed by atoms with E-state index in [2.05, 4.69) is 28.7 Å². The maximum absolute atomic E-state index is 5.44. The lowest BCUT2D eigenvalue weighted by atomic mass is 10.3. The van der Waals surface area contributed by atoms with Gasteiger partial charge in [-0.15, -0.1) is 0 Å². The molecular weight excluding hydrogens is 230 g/mol. The van der Waals surface area contributed by atoms with Crippen molar-refractivity contribution in [3.05, 3.63) is 18.2 Å². The maximum Gasteiger partial charge on any atom is 0.0948 e. The average molecular weight is 255 g/mol. The highest BCUT2D eigenvalue weighted by molar-refractivity contribution is 4.98. The molecule has 1 N–H and O–H groups in total. The van der Waals surface area contributed by atoms with Crippen LogP contribution in [0, 0.1) is 0 Å². The minimum Gasteiger partial charge on any atom is -0.382 e. The van der Waals surface area contributed by atoms with Crippen LogP contribution in [-0.4, -0.2) is 42.5 Å². The molecule has 5 heteroatoms. The maximum atomic E-state index is 5.44. The number of nitrogens with zero attached hydrogens (tertiary/aromatic N) is 2. The van der Waals surface area contributed by atoms with Crippen LogP contribution >= 0.6 is 0 Å². The fraction of sp³-hybridized carbons (Fsp3) is 0.769. The van der Waals surface area contributed by atoms with Crippen molar-refractivity contribution in [2.24, 2.45) is 0 Å². The molecule has 1 heterocycles. The summed E-state index contributed by atoms with van der Waals surface area (Å²) in [5.74, 6) is 0. The highest BCUT2D eigenvalue weighted by Gasteiger charge is 2.02. The van der Waals surface area contributed by atoms with Gasteiger partial charge >= 0.3 is 0 Å². The van der Waals surface area contributed by atoms with Gasteiger partial charge in [0.2, 0.25) is 0 Å². The second-order valence-electron chi connectivity index (χ2n) is 4.57. The monoisotopic (exact) mass is 255 g/mol. The second-order valence-corrected chi connectivity index (χ2v) is 4.57. The first kappa shape index (κ1) is 15.1. The highest BCUT2D eigenvalue weighted by atomic mass is 16.5. The van der Waals surface area contributed by atoms with Crippen LogP contribution < -0.4 is 5.32 Å². The van der Waals surface area contributed by atoms with E-state index >= 15 is 0 Å². The zero-order valence-corrected chi connectivity index (χ0v) is 11.7. The predicted molar refractivity (Wildman–Crippen MR) is 71.5 cm³/mol. The summed E-state index contributed by atoms with van der Waals surface area (Å²) in [4.78, 5) is 4.19.